The molecule has 0 bridgehead atoms. The maximum absolute atomic E-state index is 13.6. The van der Waals surface area contributed by atoms with Crippen LogP contribution in [0.25, 0.3) is 11.2 Å². The van der Waals surface area contributed by atoms with Crippen LogP contribution in [0.1, 0.15) is 79.9 Å². The maximum Gasteiger partial charge on any atom is 0.373 e. The molecule has 5 rings (SSSR count). The number of thiocarbonyl (C=S) groups is 1. The quantitative estimate of drug-likeness (QED) is 0.0150. The molecule has 4 atom stereocenters. The number of amides is 2. The third kappa shape index (κ3) is 23.4. The number of nitrogen functional groups attached to an aromatic ring is 1. The van der Waals surface area contributed by atoms with Gasteiger partial charge >= 0.3 is 24.1 Å². The van der Waals surface area contributed by atoms with Crippen LogP contribution in [0.2, 0.25) is 0 Å². The number of aliphatic carboxylic acids is 3. The summed E-state index contributed by atoms with van der Waals surface area (Å²) in [6, 6.07) is 11.7. The molecule has 2 amide bonds. The lowest BCUT2D eigenvalue weighted by Gasteiger charge is -2.33. The summed E-state index contributed by atoms with van der Waals surface area (Å²) in [5, 5.41) is 44.2. The Kier molecular flexibility index (Phi) is 27.2. The van der Waals surface area contributed by atoms with E-state index >= 15 is 0 Å². The number of ketones is 1. The number of aromatic nitrogens is 4. The lowest BCUT2D eigenvalue weighted by atomic mass is 9.93. The summed E-state index contributed by atoms with van der Waals surface area (Å²) >= 11 is 5.52. The number of anilines is 3. The van der Waals surface area contributed by atoms with Gasteiger partial charge in [0, 0.05) is 87.6 Å². The zero-order valence-electron chi connectivity index (χ0n) is 45.2. The number of benzene rings is 2. The molecule has 4 aromatic rings. The second-order valence-corrected chi connectivity index (χ2v) is 19.6. The molecule has 0 saturated carbocycles. The van der Waals surface area contributed by atoms with Crippen LogP contribution in [0.4, 0.5) is 17.3 Å². The highest BCUT2D eigenvalue weighted by molar-refractivity contribution is 7.80. The summed E-state index contributed by atoms with van der Waals surface area (Å²) in [5.41, 5.74) is 19.1. The van der Waals surface area contributed by atoms with E-state index in [0.717, 1.165) is 43.9 Å². The van der Waals surface area contributed by atoms with Gasteiger partial charge in [-0.2, -0.15) is 14.6 Å². The second-order valence-electron chi connectivity index (χ2n) is 19.2. The van der Waals surface area contributed by atoms with Crippen LogP contribution < -0.4 is 49.3 Å². The molecule has 0 radical (unpaired) electrons. The number of carbonyl (C=O) groups excluding carboxylic acids is 5. The molecule has 1 fully saturated rings. The molecule has 2 aromatic heterocycles. The number of H-pyrrole nitrogens is 1. The van der Waals surface area contributed by atoms with Gasteiger partial charge in [-0.05, 0) is 113 Å². The van der Waals surface area contributed by atoms with E-state index in [4.69, 9.17) is 39.0 Å². The molecule has 1 aliphatic rings. The second kappa shape index (κ2) is 33.8. The first-order valence-electron chi connectivity index (χ1n) is 26.2. The van der Waals surface area contributed by atoms with Crippen molar-refractivity contribution in [1.29, 1.82) is 0 Å². The van der Waals surface area contributed by atoms with E-state index in [0.29, 0.717) is 49.0 Å². The molecule has 1 saturated heterocycles. The minimum absolute atomic E-state index is 0.0175. The van der Waals surface area contributed by atoms with Gasteiger partial charge < -0.3 is 64.0 Å². The third-order valence-electron chi connectivity index (χ3n) is 13.1. The summed E-state index contributed by atoms with van der Waals surface area (Å²) in [7, 11) is 2.07. The van der Waals surface area contributed by atoms with Gasteiger partial charge in [-0.3, -0.25) is 43.7 Å². The highest BCUT2D eigenvalue weighted by Crippen LogP contribution is 2.19. The molecule has 2 aromatic carbocycles. The average Bonchev–Trinajstić information content (AvgIpc) is 3.48. The Bertz CT molecular complexity index is 2880. The summed E-state index contributed by atoms with van der Waals surface area (Å²) in [6.45, 7) is 7.53. The van der Waals surface area contributed by atoms with E-state index < -0.39 is 59.1 Å². The zero-order chi connectivity index (χ0) is 59.4. The van der Waals surface area contributed by atoms with Crippen LogP contribution in [0.15, 0.2) is 64.5 Å². The number of nitrogens with two attached hydrogens (primary N) is 3. The Morgan fingerprint density at radius 3 is 2.20 bits per heavy atom. The van der Waals surface area contributed by atoms with Gasteiger partial charge in [0.05, 0.1) is 25.0 Å². The molecule has 0 aliphatic carbocycles. The van der Waals surface area contributed by atoms with Crippen molar-refractivity contribution in [2.24, 2.45) is 22.4 Å². The number of carboxylic acids is 3. The average molecular weight is 1150 g/mol. The minimum Gasteiger partial charge on any atom is -0.480 e. The topological polar surface area (TPSA) is 429 Å². The van der Waals surface area contributed by atoms with Crippen molar-refractivity contribution in [2.45, 2.75) is 89.4 Å². The van der Waals surface area contributed by atoms with Crippen LogP contribution in [-0.4, -0.2) is 187 Å². The first-order chi connectivity index (χ1) is 38.7. The number of carboxylic acid groups (broad SMARTS) is 3. The summed E-state index contributed by atoms with van der Waals surface area (Å²) < 4.78 is 0. The van der Waals surface area contributed by atoms with E-state index in [9.17, 15) is 48.9 Å². The SMILES string of the molecule is CCN1CCN(CC(=O)O)CCN(C)CC1Cc1ccc(NC(=S)NCCCC[C@H](NC(=O)[C@H](CCCN=C(N)N)CC(=O)CC[C@H](NC(=O)c2ccc(NCc3cnc4nc(N)[nH]c(=O)c4n3)cc2)C(=O)O)C(=O)O)cc1.O=C=O. The molecule has 81 heavy (non-hydrogen) atoms. The fourth-order valence-electron chi connectivity index (χ4n) is 8.84. The van der Waals surface area contributed by atoms with Crippen LogP contribution >= 0.6 is 12.2 Å². The van der Waals surface area contributed by atoms with E-state index in [1.807, 2.05) is 17.0 Å². The first kappa shape index (κ1) is 65.0. The van der Waals surface area contributed by atoms with Gasteiger partial charge in [0.1, 0.15) is 17.9 Å². The van der Waals surface area contributed by atoms with Crippen LogP contribution in [0, 0.1) is 5.92 Å². The van der Waals surface area contributed by atoms with Crippen molar-refractivity contribution >= 4 is 93.4 Å². The molecular formula is C52H72N16O12S. The minimum atomic E-state index is -1.45. The molecule has 1 unspecified atom stereocenters. The molecule has 15 N–H and O–H groups in total. The standard InChI is InChI=1S/C51H72N16O10S.CO2/c1-3-67-24-23-66(30-41(69)70)22-21-65(2)29-37(67)25-31-9-13-35(14-10-31)60-51(78)56-19-5-4-8-39(47(74)75)61-45(72)33(7-6-20-55-49(52)53)26-38(68)17-18-40(48(76)77)62-44(71)32-11-15-34(16-12-32)57-27-36-28-58-43-42(59-36)46(73)64-50(54)63-43;2-1-3/h9-16,28,33,37,39-40,57H,3-8,17-27,29-30H2,1-2H3,(H,61,72)(H,62,71)(H,69,70)(H,74,75)(H,76,77)(H4,52,53,55)(H2,56,60,78)(H3,54,58,63,64,73);/t33-,37?,39+,40+;/m1./s1. The largest absolute Gasteiger partial charge is 0.480 e. The number of Topliss-reactive ketones (excluding diaryl/α,β-unsaturated/α-hetero) is 1. The predicted octanol–water partition coefficient (Wildman–Crippen LogP) is 0.207. The van der Waals surface area contributed by atoms with Gasteiger partial charge in [0.25, 0.3) is 11.5 Å². The highest BCUT2D eigenvalue weighted by Gasteiger charge is 2.29. The number of aliphatic imine (C=N–C) groups is 1. The highest BCUT2D eigenvalue weighted by atomic mass is 32.1. The monoisotopic (exact) mass is 1140 g/mol. The zero-order valence-corrected chi connectivity index (χ0v) is 46.0. The fourth-order valence-corrected chi connectivity index (χ4v) is 9.06. The number of fused-ring (bicyclic) bond motifs is 1. The molecule has 3 heterocycles. The molecule has 1 aliphatic heterocycles. The lowest BCUT2D eigenvalue weighted by molar-refractivity contribution is -0.191. The van der Waals surface area contributed by atoms with Crippen LogP contribution in [0.3, 0.4) is 0 Å². The van der Waals surface area contributed by atoms with Gasteiger partial charge in [-0.25, -0.2) is 19.6 Å². The lowest BCUT2D eigenvalue weighted by Crippen LogP contribution is -2.45. The number of hydrogen-bond donors (Lipinski definition) is 12. The number of likely N-dealkylation sites (N-methyl/N-ethyl adjacent to an activating group) is 2. The third-order valence-corrected chi connectivity index (χ3v) is 13.3. The summed E-state index contributed by atoms with van der Waals surface area (Å²) in [5.74, 6) is -6.54. The Labute approximate surface area is 472 Å². The molecule has 28 nitrogen and oxygen atoms in total. The van der Waals surface area contributed by atoms with E-state index in [1.54, 1.807) is 12.1 Å². The number of hydrogen-bond acceptors (Lipinski definition) is 19. The fraction of sp³-hybridized carbons (Fsp3) is 0.481. The maximum atomic E-state index is 13.6. The Morgan fingerprint density at radius 1 is 0.877 bits per heavy atom. The number of unbranched alkanes of at least 4 members (excludes halogenated alkanes) is 1. The molecule has 29 heteroatoms. The summed E-state index contributed by atoms with van der Waals surface area (Å²) in [6.07, 6.45) is 3.00. The number of aromatic amines is 1. The number of nitrogens with zero attached hydrogens (tertiary/aromatic N) is 7. The van der Waals surface area contributed by atoms with Crippen molar-refractivity contribution in [3.05, 3.63) is 81.9 Å². The number of guanidine groups is 1. The Morgan fingerprint density at radius 2 is 1.54 bits per heavy atom. The first-order valence-corrected chi connectivity index (χ1v) is 26.6. The van der Waals surface area contributed by atoms with Gasteiger partial charge in [0.15, 0.2) is 22.2 Å². The Balaban J connectivity index is 0.00000460. The van der Waals surface area contributed by atoms with Crippen molar-refractivity contribution in [3.63, 3.8) is 0 Å². The van der Waals surface area contributed by atoms with Crippen molar-refractivity contribution in [3.8, 4) is 0 Å². The smallest absolute Gasteiger partial charge is 0.373 e. The molecule has 438 valence electrons. The van der Waals surface area contributed by atoms with Gasteiger partial charge in [-0.15, -0.1) is 0 Å². The van der Waals surface area contributed by atoms with E-state index in [2.05, 4.69) is 87.4 Å². The number of rotatable bonds is 29. The van der Waals surface area contributed by atoms with E-state index in [1.165, 1.54) is 18.3 Å². The Hall–Kier alpha value is -8.50. The van der Waals surface area contributed by atoms with Crippen molar-refractivity contribution in [2.75, 3.05) is 82.3 Å². The van der Waals surface area contributed by atoms with Gasteiger partial charge in [0.2, 0.25) is 11.9 Å². The van der Waals surface area contributed by atoms with Crippen LogP contribution in [-0.2, 0) is 46.5 Å². The van der Waals surface area contributed by atoms with Gasteiger partial charge in [-0.1, -0.05) is 19.1 Å². The molecular weight excluding hydrogens is 1070 g/mol. The summed E-state index contributed by atoms with van der Waals surface area (Å²) in [4.78, 5) is 130. The molecule has 0 spiro atoms. The predicted molar refractivity (Wildman–Crippen MR) is 303 cm³/mol. The number of carbonyl (C=O) groups is 6. The normalized spacial score (nSPS) is 15.1. The number of nitrogens with one attached hydrogen (secondary N) is 6. The van der Waals surface area contributed by atoms with E-state index in [-0.39, 0.29) is 99.0 Å². The van der Waals surface area contributed by atoms with Crippen molar-refractivity contribution < 1.29 is 53.7 Å². The van der Waals surface area contributed by atoms with Crippen molar-refractivity contribution in [1.82, 2.24) is 50.6 Å². The van der Waals surface area contributed by atoms with Crippen LogP contribution in [0.5, 0.6) is 0 Å².